The fourth-order valence-corrected chi connectivity index (χ4v) is 3.15. The molecule has 0 bridgehead atoms. The van der Waals surface area contributed by atoms with Gasteiger partial charge in [0.25, 0.3) is 0 Å². The summed E-state index contributed by atoms with van der Waals surface area (Å²) in [6.07, 6.45) is 1.20. The number of fused-ring (bicyclic) bond motifs is 3. The van der Waals surface area contributed by atoms with Crippen molar-refractivity contribution in [2.24, 2.45) is 0 Å². The van der Waals surface area contributed by atoms with Gasteiger partial charge in [-0.3, -0.25) is 0 Å². The maximum atomic E-state index is 6.41. The molecule has 2 aromatic rings. The molecule has 3 heteroatoms. The van der Waals surface area contributed by atoms with E-state index in [9.17, 15) is 0 Å². The largest absolute Gasteiger partial charge is 0.490 e. The van der Waals surface area contributed by atoms with Crippen LogP contribution in [0.1, 0.15) is 31.9 Å². The van der Waals surface area contributed by atoms with Crippen molar-refractivity contribution in [1.82, 2.24) is 5.32 Å². The third-order valence-electron chi connectivity index (χ3n) is 3.69. The normalized spacial score (nSPS) is 22.1. The van der Waals surface area contributed by atoms with Crippen molar-refractivity contribution in [2.45, 2.75) is 32.4 Å². The lowest BCUT2D eigenvalue weighted by atomic mass is 9.93. The van der Waals surface area contributed by atoms with Gasteiger partial charge < -0.3 is 10.1 Å². The van der Waals surface area contributed by atoms with Crippen molar-refractivity contribution in [3.63, 3.8) is 0 Å². The summed E-state index contributed by atoms with van der Waals surface area (Å²) in [4.78, 5) is 0. The van der Waals surface area contributed by atoms with Gasteiger partial charge in [-0.15, -0.1) is 0 Å². The molecule has 0 aliphatic carbocycles. The Bertz CT molecular complexity index is 611. The molecule has 2 unspecified atom stereocenters. The van der Waals surface area contributed by atoms with Crippen LogP contribution in [0.4, 0.5) is 0 Å². The number of benzene rings is 2. The van der Waals surface area contributed by atoms with E-state index in [1.54, 1.807) is 0 Å². The highest BCUT2D eigenvalue weighted by Crippen LogP contribution is 2.42. The average Bonchev–Trinajstić information content (AvgIpc) is 2.41. The van der Waals surface area contributed by atoms with Crippen LogP contribution < -0.4 is 10.1 Å². The Kier molecular flexibility index (Phi) is 3.38. The first-order valence-electron chi connectivity index (χ1n) is 6.82. The van der Waals surface area contributed by atoms with Crippen LogP contribution in [0, 0.1) is 0 Å². The van der Waals surface area contributed by atoms with Gasteiger partial charge in [-0.2, -0.15) is 0 Å². The summed E-state index contributed by atoms with van der Waals surface area (Å²) in [6.45, 7) is 5.19. The molecule has 0 radical (unpaired) electrons. The van der Waals surface area contributed by atoms with Crippen molar-refractivity contribution in [2.75, 3.05) is 6.54 Å². The van der Waals surface area contributed by atoms with E-state index in [1.165, 1.54) is 5.56 Å². The first-order valence-corrected chi connectivity index (χ1v) is 7.19. The third kappa shape index (κ3) is 2.19. The van der Waals surface area contributed by atoms with Crippen molar-refractivity contribution in [1.29, 1.82) is 0 Å². The highest BCUT2D eigenvalue weighted by molar-refractivity contribution is 6.36. The van der Waals surface area contributed by atoms with Gasteiger partial charge in [0.05, 0.1) is 6.10 Å². The maximum absolute atomic E-state index is 6.41. The molecule has 0 saturated carbocycles. The van der Waals surface area contributed by atoms with E-state index < -0.39 is 0 Å². The van der Waals surface area contributed by atoms with Gasteiger partial charge in [0.15, 0.2) is 0 Å². The lowest BCUT2D eigenvalue weighted by molar-refractivity contribution is 0.170. The van der Waals surface area contributed by atoms with Gasteiger partial charge in [0.1, 0.15) is 5.75 Å². The first kappa shape index (κ1) is 12.8. The summed E-state index contributed by atoms with van der Waals surface area (Å²) < 4.78 is 6.08. The molecular weight excluding hydrogens is 258 g/mol. The van der Waals surface area contributed by atoms with Gasteiger partial charge in [-0.25, -0.2) is 0 Å². The Balaban J connectivity index is 2.23. The summed E-state index contributed by atoms with van der Waals surface area (Å²) in [7, 11) is 0. The predicted molar refractivity (Wildman–Crippen MR) is 80.1 cm³/mol. The molecule has 0 fully saturated rings. The van der Waals surface area contributed by atoms with Crippen LogP contribution in [0.3, 0.4) is 0 Å². The second kappa shape index (κ2) is 5.03. The smallest absolute Gasteiger partial charge is 0.132 e. The summed E-state index contributed by atoms with van der Waals surface area (Å²) in [5, 5.41) is 6.50. The summed E-state index contributed by atoms with van der Waals surface area (Å²) in [5.41, 5.74) is 1.18. The molecule has 1 heterocycles. The van der Waals surface area contributed by atoms with Gasteiger partial charge in [0.2, 0.25) is 0 Å². The van der Waals surface area contributed by atoms with Gasteiger partial charge in [-0.1, -0.05) is 42.8 Å². The predicted octanol–water partition coefficient (Wildman–Crippen LogP) is 4.31. The molecular formula is C16H18ClNO. The zero-order valence-electron chi connectivity index (χ0n) is 11.2. The lowest BCUT2D eigenvalue weighted by Crippen LogP contribution is -2.31. The van der Waals surface area contributed by atoms with E-state index in [4.69, 9.17) is 16.3 Å². The Hall–Kier alpha value is -1.25. The number of hydrogen-bond donors (Lipinski definition) is 1. The van der Waals surface area contributed by atoms with E-state index in [1.807, 2.05) is 18.2 Å². The Labute approximate surface area is 118 Å². The maximum Gasteiger partial charge on any atom is 0.132 e. The fraction of sp³-hybridized carbons (Fsp3) is 0.375. The molecule has 100 valence electrons. The van der Waals surface area contributed by atoms with Crippen LogP contribution in [0.15, 0.2) is 30.3 Å². The number of nitrogens with one attached hydrogen (secondary N) is 1. The molecule has 19 heavy (non-hydrogen) atoms. The van der Waals surface area contributed by atoms with Crippen LogP contribution in [0.5, 0.6) is 5.75 Å². The molecule has 1 aliphatic rings. The number of hydrogen-bond acceptors (Lipinski definition) is 2. The summed E-state index contributed by atoms with van der Waals surface area (Å²) in [6, 6.07) is 10.5. The lowest BCUT2D eigenvalue weighted by Gasteiger charge is -2.32. The van der Waals surface area contributed by atoms with E-state index in [0.717, 1.165) is 34.5 Å². The first-order chi connectivity index (χ1) is 9.20. The summed E-state index contributed by atoms with van der Waals surface area (Å²) in [5.74, 6) is 0.990. The second-order valence-electron chi connectivity index (χ2n) is 5.10. The van der Waals surface area contributed by atoms with Gasteiger partial charge >= 0.3 is 0 Å². The quantitative estimate of drug-likeness (QED) is 0.882. The minimum Gasteiger partial charge on any atom is -0.490 e. The zero-order chi connectivity index (χ0) is 13.4. The number of halogens is 1. The van der Waals surface area contributed by atoms with Gasteiger partial charge in [0, 0.05) is 33.8 Å². The molecule has 2 nitrogen and oxygen atoms in total. The Morgan fingerprint density at radius 3 is 2.79 bits per heavy atom. The highest BCUT2D eigenvalue weighted by Gasteiger charge is 2.27. The topological polar surface area (TPSA) is 21.3 Å². The van der Waals surface area contributed by atoms with E-state index in [2.05, 4.69) is 31.3 Å². The second-order valence-corrected chi connectivity index (χ2v) is 5.50. The van der Waals surface area contributed by atoms with Crippen molar-refractivity contribution in [3.8, 4) is 5.75 Å². The number of ether oxygens (including phenoxy) is 1. The Morgan fingerprint density at radius 1 is 1.32 bits per heavy atom. The minimum absolute atomic E-state index is 0.223. The molecule has 3 rings (SSSR count). The SMILES string of the molecule is CCNC1CC(C)Oc2c1cc(Cl)c1ccccc21. The highest BCUT2D eigenvalue weighted by atomic mass is 35.5. The van der Waals surface area contributed by atoms with Crippen LogP contribution in [-0.2, 0) is 0 Å². The molecule has 1 N–H and O–H groups in total. The van der Waals surface area contributed by atoms with Crippen LogP contribution in [0.25, 0.3) is 10.8 Å². The molecule has 1 aliphatic heterocycles. The Morgan fingerprint density at radius 2 is 2.05 bits per heavy atom. The molecule has 0 spiro atoms. The van der Waals surface area contributed by atoms with Crippen LogP contribution in [-0.4, -0.2) is 12.6 Å². The zero-order valence-corrected chi connectivity index (χ0v) is 12.0. The van der Waals surface area contributed by atoms with Crippen LogP contribution in [0.2, 0.25) is 5.02 Å². The monoisotopic (exact) mass is 275 g/mol. The average molecular weight is 276 g/mol. The fourth-order valence-electron chi connectivity index (χ4n) is 2.86. The van der Waals surface area contributed by atoms with Crippen molar-refractivity contribution >= 4 is 22.4 Å². The number of rotatable bonds is 2. The summed E-state index contributed by atoms with van der Waals surface area (Å²) >= 11 is 6.41. The molecule has 0 aromatic heterocycles. The van der Waals surface area contributed by atoms with Crippen molar-refractivity contribution < 1.29 is 4.74 Å². The van der Waals surface area contributed by atoms with Gasteiger partial charge in [-0.05, 0) is 19.5 Å². The van der Waals surface area contributed by atoms with Crippen molar-refractivity contribution in [3.05, 3.63) is 40.9 Å². The molecule has 2 aromatic carbocycles. The van der Waals surface area contributed by atoms with E-state index >= 15 is 0 Å². The molecule has 0 amide bonds. The molecule has 0 saturated heterocycles. The minimum atomic E-state index is 0.223. The van der Waals surface area contributed by atoms with Crippen LogP contribution >= 0.6 is 11.6 Å². The third-order valence-corrected chi connectivity index (χ3v) is 4.00. The standard InChI is InChI=1S/C16H18ClNO/c1-3-18-15-8-10(2)19-16-12-7-5-4-6-11(12)14(17)9-13(15)16/h4-7,9-10,15,18H,3,8H2,1-2H3. The molecule has 2 atom stereocenters. The van der Waals surface area contributed by atoms with E-state index in [-0.39, 0.29) is 6.10 Å². The van der Waals surface area contributed by atoms with E-state index in [0.29, 0.717) is 6.04 Å².